The summed E-state index contributed by atoms with van der Waals surface area (Å²) in [6.07, 6.45) is 0. The molecule has 0 saturated carbocycles. The molecule has 10 aromatic rings. The normalized spacial score (nSPS) is 12.4. The fourth-order valence-corrected chi connectivity index (χ4v) is 7.86. The van der Waals surface area contributed by atoms with Crippen molar-refractivity contribution in [1.82, 2.24) is 9.13 Å². The summed E-state index contributed by atoms with van der Waals surface area (Å²) in [5.41, 5.74) is 12.8. The van der Waals surface area contributed by atoms with E-state index < -0.39 is 0 Å². The van der Waals surface area contributed by atoms with Gasteiger partial charge in [-0.15, -0.1) is 0 Å². The van der Waals surface area contributed by atoms with Gasteiger partial charge in [-0.2, -0.15) is 0 Å². The molecule has 0 saturated heterocycles. The fourth-order valence-electron chi connectivity index (χ4n) is 7.86. The molecule has 0 atom stereocenters. The van der Waals surface area contributed by atoms with Crippen molar-refractivity contribution >= 4 is 65.6 Å². The van der Waals surface area contributed by atoms with E-state index in [1.165, 1.54) is 60.3 Å². The van der Waals surface area contributed by atoms with Crippen LogP contribution in [0.2, 0.25) is 0 Å². The standard InChI is InChI=1S/C46H34N2O/c1-46(2,3)31-20-26-41-38(28-31)35-11-5-7-13-39(35)47(41)32-21-16-29(17-22-32)30-18-23-33(24-19-30)48-40-14-8-4-10-34(40)36-25-27-43-44(45(36)48)37-12-6-9-15-42(37)49-43/h4-28H,1-3H3. The Balaban J connectivity index is 1.08. The average molecular weight is 631 g/mol. The lowest BCUT2D eigenvalue weighted by Crippen LogP contribution is -2.10. The molecular weight excluding hydrogens is 597 g/mol. The molecule has 3 heterocycles. The molecule has 3 heteroatoms. The van der Waals surface area contributed by atoms with Crippen molar-refractivity contribution in [2.75, 3.05) is 0 Å². The molecule has 0 fully saturated rings. The summed E-state index contributed by atoms with van der Waals surface area (Å²) in [4.78, 5) is 0. The first-order valence-electron chi connectivity index (χ1n) is 17.0. The first-order chi connectivity index (χ1) is 23.9. The molecule has 0 N–H and O–H groups in total. The summed E-state index contributed by atoms with van der Waals surface area (Å²) >= 11 is 0. The van der Waals surface area contributed by atoms with Crippen molar-refractivity contribution in [3.8, 4) is 22.5 Å². The van der Waals surface area contributed by atoms with E-state index in [1.54, 1.807) is 0 Å². The summed E-state index contributed by atoms with van der Waals surface area (Å²) in [7, 11) is 0. The van der Waals surface area contributed by atoms with Gasteiger partial charge in [-0.3, -0.25) is 0 Å². The SMILES string of the molecule is CC(C)(C)c1ccc2c(c1)c1ccccc1n2-c1ccc(-c2ccc(-n3c4ccccc4c4ccc5oc6ccccc6c5c43)cc2)cc1. The highest BCUT2D eigenvalue weighted by Crippen LogP contribution is 2.41. The molecule has 234 valence electrons. The van der Waals surface area contributed by atoms with Crippen LogP contribution in [0.25, 0.3) is 88.1 Å². The van der Waals surface area contributed by atoms with Crippen molar-refractivity contribution in [3.05, 3.63) is 157 Å². The number of hydrogen-bond acceptors (Lipinski definition) is 1. The van der Waals surface area contributed by atoms with Gasteiger partial charge in [0.15, 0.2) is 0 Å². The molecule has 3 aromatic heterocycles. The van der Waals surface area contributed by atoms with Gasteiger partial charge < -0.3 is 13.6 Å². The Morgan fingerprint density at radius 2 is 0.980 bits per heavy atom. The number of hydrogen-bond donors (Lipinski definition) is 0. The van der Waals surface area contributed by atoms with Gasteiger partial charge in [0.05, 0.1) is 27.5 Å². The van der Waals surface area contributed by atoms with E-state index >= 15 is 0 Å². The molecule has 0 aliphatic rings. The molecule has 0 amide bonds. The van der Waals surface area contributed by atoms with E-state index in [2.05, 4.69) is 175 Å². The highest BCUT2D eigenvalue weighted by atomic mass is 16.3. The van der Waals surface area contributed by atoms with Crippen LogP contribution in [-0.2, 0) is 5.41 Å². The zero-order valence-corrected chi connectivity index (χ0v) is 27.7. The maximum Gasteiger partial charge on any atom is 0.137 e. The van der Waals surface area contributed by atoms with Crippen molar-refractivity contribution < 1.29 is 4.42 Å². The smallest absolute Gasteiger partial charge is 0.137 e. The third kappa shape index (κ3) is 4.15. The molecule has 7 aromatic carbocycles. The lowest BCUT2D eigenvalue weighted by molar-refractivity contribution is 0.591. The summed E-state index contributed by atoms with van der Waals surface area (Å²) in [5, 5.41) is 7.35. The zero-order chi connectivity index (χ0) is 32.9. The summed E-state index contributed by atoms with van der Waals surface area (Å²) in [6, 6.07) is 55.0. The fraction of sp³-hybridized carbons (Fsp3) is 0.0870. The van der Waals surface area contributed by atoms with Crippen LogP contribution >= 0.6 is 0 Å². The molecular formula is C46H34N2O. The molecule has 0 bridgehead atoms. The minimum atomic E-state index is 0.0933. The van der Waals surface area contributed by atoms with Crippen LogP contribution in [0.3, 0.4) is 0 Å². The number of nitrogens with zero attached hydrogens (tertiary/aromatic N) is 2. The largest absolute Gasteiger partial charge is 0.456 e. The molecule has 3 nitrogen and oxygen atoms in total. The van der Waals surface area contributed by atoms with Gasteiger partial charge in [-0.1, -0.05) is 106 Å². The topological polar surface area (TPSA) is 23.0 Å². The highest BCUT2D eigenvalue weighted by Gasteiger charge is 2.20. The van der Waals surface area contributed by atoms with Crippen LogP contribution in [0.4, 0.5) is 0 Å². The van der Waals surface area contributed by atoms with Crippen LogP contribution in [0.5, 0.6) is 0 Å². The molecule has 10 rings (SSSR count). The van der Waals surface area contributed by atoms with Gasteiger partial charge in [-0.25, -0.2) is 0 Å². The quantitative estimate of drug-likeness (QED) is 0.190. The number of rotatable bonds is 3. The van der Waals surface area contributed by atoms with Gasteiger partial charge in [-0.05, 0) is 88.8 Å². The molecule has 0 aliphatic carbocycles. The third-order valence-corrected chi connectivity index (χ3v) is 10.3. The second kappa shape index (κ2) is 10.2. The third-order valence-electron chi connectivity index (χ3n) is 10.3. The van der Waals surface area contributed by atoms with Crippen molar-refractivity contribution in [2.24, 2.45) is 0 Å². The average Bonchev–Trinajstić information content (AvgIpc) is 3.79. The predicted octanol–water partition coefficient (Wildman–Crippen LogP) is 12.7. The Bertz CT molecular complexity index is 2890. The van der Waals surface area contributed by atoms with E-state index in [9.17, 15) is 0 Å². The van der Waals surface area contributed by atoms with Crippen LogP contribution in [0.1, 0.15) is 26.3 Å². The molecule has 0 spiro atoms. The van der Waals surface area contributed by atoms with E-state index in [4.69, 9.17) is 4.42 Å². The Morgan fingerprint density at radius 1 is 0.429 bits per heavy atom. The number of benzene rings is 7. The van der Waals surface area contributed by atoms with Crippen LogP contribution < -0.4 is 0 Å². The van der Waals surface area contributed by atoms with Gasteiger partial charge in [0.25, 0.3) is 0 Å². The highest BCUT2D eigenvalue weighted by molar-refractivity contribution is 6.24. The lowest BCUT2D eigenvalue weighted by Gasteiger charge is -2.19. The number of para-hydroxylation sites is 3. The van der Waals surface area contributed by atoms with Gasteiger partial charge >= 0.3 is 0 Å². The first-order valence-corrected chi connectivity index (χ1v) is 17.0. The minimum absolute atomic E-state index is 0.0933. The van der Waals surface area contributed by atoms with Crippen molar-refractivity contribution in [1.29, 1.82) is 0 Å². The minimum Gasteiger partial charge on any atom is -0.456 e. The van der Waals surface area contributed by atoms with Gasteiger partial charge in [0.2, 0.25) is 0 Å². The van der Waals surface area contributed by atoms with Crippen LogP contribution in [0.15, 0.2) is 156 Å². The second-order valence-corrected chi connectivity index (χ2v) is 14.2. The Morgan fingerprint density at radius 3 is 1.65 bits per heavy atom. The second-order valence-electron chi connectivity index (χ2n) is 14.2. The van der Waals surface area contributed by atoms with E-state index in [0.717, 1.165) is 33.3 Å². The monoisotopic (exact) mass is 630 g/mol. The Labute approximate surface area is 284 Å². The molecule has 49 heavy (non-hydrogen) atoms. The predicted molar refractivity (Wildman–Crippen MR) is 207 cm³/mol. The number of furan rings is 1. The van der Waals surface area contributed by atoms with Crippen molar-refractivity contribution in [2.45, 2.75) is 26.2 Å². The van der Waals surface area contributed by atoms with E-state index in [1.807, 2.05) is 6.07 Å². The van der Waals surface area contributed by atoms with Crippen molar-refractivity contribution in [3.63, 3.8) is 0 Å². The van der Waals surface area contributed by atoms with Crippen LogP contribution in [0, 0.1) is 0 Å². The zero-order valence-electron chi connectivity index (χ0n) is 27.7. The lowest BCUT2D eigenvalue weighted by atomic mass is 9.86. The maximum atomic E-state index is 6.31. The molecule has 0 unspecified atom stereocenters. The summed E-state index contributed by atoms with van der Waals surface area (Å²) < 4.78 is 11.1. The van der Waals surface area contributed by atoms with Gasteiger partial charge in [0.1, 0.15) is 11.2 Å². The Hall–Kier alpha value is -6.06. The summed E-state index contributed by atoms with van der Waals surface area (Å²) in [5.74, 6) is 0. The Kier molecular flexibility index (Phi) is 5.84. The molecule has 0 aliphatic heterocycles. The number of fused-ring (bicyclic) bond motifs is 10. The van der Waals surface area contributed by atoms with Crippen LogP contribution in [-0.4, -0.2) is 9.13 Å². The maximum absolute atomic E-state index is 6.31. The van der Waals surface area contributed by atoms with Gasteiger partial charge in [0, 0.05) is 38.3 Å². The molecule has 0 radical (unpaired) electrons. The first kappa shape index (κ1) is 28.0. The summed E-state index contributed by atoms with van der Waals surface area (Å²) in [6.45, 7) is 6.84. The van der Waals surface area contributed by atoms with E-state index in [-0.39, 0.29) is 5.41 Å². The number of aromatic nitrogens is 2. The van der Waals surface area contributed by atoms with E-state index in [0.29, 0.717) is 0 Å².